The molecule has 2 aromatic rings. The van der Waals surface area contributed by atoms with E-state index in [2.05, 4.69) is 10.6 Å². The molecule has 0 unspecified atom stereocenters. The molecular formula is C23H28ClN3O4S. The molecule has 0 saturated carbocycles. The number of carbonyl (C=O) groups is 2. The Morgan fingerprint density at radius 3 is 2.41 bits per heavy atom. The lowest BCUT2D eigenvalue weighted by Crippen LogP contribution is -2.48. The largest absolute Gasteiger partial charge is 0.356 e. The van der Waals surface area contributed by atoms with Crippen LogP contribution in [0, 0.1) is 0 Å². The zero-order chi connectivity index (χ0) is 23.1. The second-order valence-electron chi connectivity index (χ2n) is 7.86. The van der Waals surface area contributed by atoms with Gasteiger partial charge in [0.15, 0.2) is 0 Å². The van der Waals surface area contributed by atoms with Gasteiger partial charge in [-0.3, -0.25) is 9.59 Å². The van der Waals surface area contributed by atoms with Gasteiger partial charge in [-0.2, -0.15) is 4.31 Å². The number of benzene rings is 2. The number of hydrogen-bond acceptors (Lipinski definition) is 4. The van der Waals surface area contributed by atoms with Crippen molar-refractivity contribution in [3.63, 3.8) is 0 Å². The molecule has 1 heterocycles. The first-order chi connectivity index (χ1) is 15.3. The summed E-state index contributed by atoms with van der Waals surface area (Å²) in [6.45, 7) is 2.64. The molecule has 0 spiro atoms. The maximum absolute atomic E-state index is 13.5. The van der Waals surface area contributed by atoms with E-state index >= 15 is 0 Å². The summed E-state index contributed by atoms with van der Waals surface area (Å²) < 4.78 is 28.4. The van der Waals surface area contributed by atoms with Crippen molar-refractivity contribution in [3.05, 3.63) is 64.7 Å². The minimum Gasteiger partial charge on any atom is -0.356 e. The van der Waals surface area contributed by atoms with Gasteiger partial charge in [0.2, 0.25) is 21.8 Å². The number of nitrogens with zero attached hydrogens (tertiary/aromatic N) is 1. The molecule has 0 bridgehead atoms. The number of hydrogen-bond donors (Lipinski definition) is 2. The number of nitrogens with one attached hydrogen (secondary N) is 2. The molecule has 2 aromatic carbocycles. The normalized spacial score (nSPS) is 17.0. The monoisotopic (exact) mass is 477 g/mol. The van der Waals surface area contributed by atoms with Crippen LogP contribution in [0.1, 0.15) is 37.3 Å². The van der Waals surface area contributed by atoms with Crippen LogP contribution in [0.15, 0.2) is 53.4 Å². The minimum atomic E-state index is -3.93. The van der Waals surface area contributed by atoms with E-state index in [0.29, 0.717) is 31.0 Å². The Labute approximate surface area is 194 Å². The fourth-order valence-corrected chi connectivity index (χ4v) is 5.41. The summed E-state index contributed by atoms with van der Waals surface area (Å²) in [6.07, 6.45) is 2.73. The van der Waals surface area contributed by atoms with E-state index in [-0.39, 0.29) is 23.3 Å². The second-order valence-corrected chi connectivity index (χ2v) is 10.2. The molecule has 3 rings (SSSR count). The first kappa shape index (κ1) is 24.2. The van der Waals surface area contributed by atoms with Crippen LogP contribution in [-0.4, -0.2) is 43.7 Å². The van der Waals surface area contributed by atoms with E-state index in [9.17, 15) is 18.0 Å². The summed E-state index contributed by atoms with van der Waals surface area (Å²) in [4.78, 5) is 23.9. The third-order valence-corrected chi connectivity index (χ3v) is 7.54. The predicted molar refractivity (Wildman–Crippen MR) is 124 cm³/mol. The summed E-state index contributed by atoms with van der Waals surface area (Å²) in [6, 6.07) is 12.8. The first-order valence-electron chi connectivity index (χ1n) is 10.6. The van der Waals surface area contributed by atoms with E-state index in [0.717, 1.165) is 24.0 Å². The third-order valence-electron chi connectivity index (χ3n) is 5.42. The molecule has 0 radical (unpaired) electrons. The van der Waals surface area contributed by atoms with Gasteiger partial charge >= 0.3 is 0 Å². The van der Waals surface area contributed by atoms with Gasteiger partial charge in [0.25, 0.3) is 0 Å². The van der Waals surface area contributed by atoms with Crippen LogP contribution in [0.25, 0.3) is 0 Å². The molecule has 2 amide bonds. The highest BCUT2D eigenvalue weighted by Gasteiger charge is 2.36. The van der Waals surface area contributed by atoms with E-state index in [1.54, 1.807) is 0 Å². The molecule has 1 saturated heterocycles. The van der Waals surface area contributed by atoms with Crippen molar-refractivity contribution in [2.75, 3.05) is 13.1 Å². The van der Waals surface area contributed by atoms with Crippen LogP contribution in [-0.2, 0) is 32.6 Å². The van der Waals surface area contributed by atoms with Crippen LogP contribution >= 0.6 is 11.6 Å². The van der Waals surface area contributed by atoms with E-state index in [4.69, 9.17) is 11.6 Å². The number of carbonyl (C=O) groups excluding carboxylic acids is 2. The molecule has 0 aromatic heterocycles. The van der Waals surface area contributed by atoms with Gasteiger partial charge in [-0.15, -0.1) is 0 Å². The van der Waals surface area contributed by atoms with Crippen LogP contribution < -0.4 is 10.6 Å². The molecule has 9 heteroatoms. The molecular weight excluding hydrogens is 450 g/mol. The topological polar surface area (TPSA) is 95.6 Å². The number of halogens is 1. The lowest BCUT2D eigenvalue weighted by atomic mass is 10.1. The molecule has 7 nitrogen and oxygen atoms in total. The maximum atomic E-state index is 13.5. The fourth-order valence-electron chi connectivity index (χ4n) is 3.68. The molecule has 2 N–H and O–H groups in total. The number of amides is 2. The highest BCUT2D eigenvalue weighted by Crippen LogP contribution is 2.26. The zero-order valence-electron chi connectivity index (χ0n) is 18.0. The molecule has 172 valence electrons. The Hall–Kier alpha value is -2.42. The first-order valence-corrected chi connectivity index (χ1v) is 12.5. The Balaban J connectivity index is 1.86. The van der Waals surface area contributed by atoms with E-state index in [1.807, 2.05) is 24.3 Å². The molecule has 0 aliphatic carbocycles. The van der Waals surface area contributed by atoms with Crippen LogP contribution in [0.2, 0.25) is 5.02 Å². The molecule has 32 heavy (non-hydrogen) atoms. The summed E-state index contributed by atoms with van der Waals surface area (Å²) >= 11 is 5.94. The van der Waals surface area contributed by atoms with Crippen molar-refractivity contribution in [2.45, 2.75) is 50.1 Å². The van der Waals surface area contributed by atoms with E-state index < -0.39 is 16.1 Å². The van der Waals surface area contributed by atoms with Gasteiger partial charge < -0.3 is 10.6 Å². The summed E-state index contributed by atoms with van der Waals surface area (Å²) in [5.41, 5.74) is 1.81. The number of sulfonamides is 1. The van der Waals surface area contributed by atoms with Crippen LogP contribution in [0.5, 0.6) is 0 Å². The maximum Gasteiger partial charge on any atom is 0.244 e. The van der Waals surface area contributed by atoms with Gasteiger partial charge in [-0.05, 0) is 61.1 Å². The summed E-state index contributed by atoms with van der Waals surface area (Å²) in [5.74, 6) is -0.349. The summed E-state index contributed by atoms with van der Waals surface area (Å²) in [5, 5.41) is 6.03. The quantitative estimate of drug-likeness (QED) is 0.611. The van der Waals surface area contributed by atoms with Gasteiger partial charge in [-0.1, -0.05) is 35.9 Å². The second kappa shape index (κ2) is 10.9. The lowest BCUT2D eigenvalue weighted by Gasteiger charge is -2.29. The number of rotatable bonds is 8. The zero-order valence-corrected chi connectivity index (χ0v) is 19.6. The van der Waals surface area contributed by atoms with Crippen molar-refractivity contribution in [1.82, 2.24) is 14.9 Å². The molecule has 1 aliphatic rings. The predicted octanol–water partition coefficient (Wildman–Crippen LogP) is 2.88. The van der Waals surface area contributed by atoms with Gasteiger partial charge in [0, 0.05) is 31.6 Å². The third kappa shape index (κ3) is 6.31. The Bertz CT molecular complexity index is 1040. The molecule has 1 aliphatic heterocycles. The molecule has 1 atom stereocenters. The SMILES string of the molecule is CC(=O)NCCc1ccc(CN([C@@H]2CCCCNC2=O)S(=O)(=O)c2ccc(Cl)cc2)cc1. The van der Waals surface area contributed by atoms with Gasteiger partial charge in [0.05, 0.1) is 4.90 Å². The minimum absolute atomic E-state index is 0.0775. The molecule has 1 fully saturated rings. The Kier molecular flexibility index (Phi) is 8.28. The van der Waals surface area contributed by atoms with E-state index in [1.165, 1.54) is 35.5 Å². The van der Waals surface area contributed by atoms with Crippen molar-refractivity contribution in [2.24, 2.45) is 0 Å². The average Bonchev–Trinajstić information content (AvgIpc) is 2.97. The Morgan fingerprint density at radius 1 is 1.09 bits per heavy atom. The van der Waals surface area contributed by atoms with Crippen molar-refractivity contribution in [3.8, 4) is 0 Å². The highest BCUT2D eigenvalue weighted by atomic mass is 35.5. The fraction of sp³-hybridized carbons (Fsp3) is 0.391. The lowest BCUT2D eigenvalue weighted by molar-refractivity contribution is -0.124. The standard InChI is InChI=1S/C23H28ClN3O4S/c1-17(28)25-15-13-18-5-7-19(8-6-18)16-27(22-4-2-3-14-26-23(22)29)32(30,31)21-11-9-20(24)10-12-21/h5-12,22H,2-4,13-16H2,1H3,(H,25,28)(H,26,29)/t22-/m1/s1. The van der Waals surface area contributed by atoms with Gasteiger partial charge in [0.1, 0.15) is 6.04 Å². The average molecular weight is 478 g/mol. The summed E-state index contributed by atoms with van der Waals surface area (Å²) in [7, 11) is -3.93. The van der Waals surface area contributed by atoms with Crippen molar-refractivity contribution in [1.29, 1.82) is 0 Å². The van der Waals surface area contributed by atoms with Crippen LogP contribution in [0.3, 0.4) is 0 Å². The Morgan fingerprint density at radius 2 is 1.75 bits per heavy atom. The van der Waals surface area contributed by atoms with Gasteiger partial charge in [-0.25, -0.2) is 8.42 Å². The van der Waals surface area contributed by atoms with Crippen molar-refractivity contribution < 1.29 is 18.0 Å². The van der Waals surface area contributed by atoms with Crippen molar-refractivity contribution >= 4 is 33.4 Å². The van der Waals surface area contributed by atoms with Crippen LogP contribution in [0.4, 0.5) is 0 Å². The smallest absolute Gasteiger partial charge is 0.244 e. The highest BCUT2D eigenvalue weighted by molar-refractivity contribution is 7.89.